The minimum absolute atomic E-state index is 0.228. The number of anilines is 2. The Morgan fingerprint density at radius 2 is 1.85 bits per heavy atom. The first-order chi connectivity index (χ1) is 9.61. The predicted octanol–water partition coefficient (Wildman–Crippen LogP) is 1.28. The largest absolute Gasteiger partial charge is 0.397 e. The highest BCUT2D eigenvalue weighted by atomic mass is 16.2. The van der Waals surface area contributed by atoms with Crippen LogP contribution in [0.4, 0.5) is 11.4 Å². The summed E-state index contributed by atoms with van der Waals surface area (Å²) in [6, 6.07) is 9.85. The number of rotatable bonds is 3. The lowest BCUT2D eigenvalue weighted by Crippen LogP contribution is -2.21. The second-order valence-corrected chi connectivity index (χ2v) is 4.06. The van der Waals surface area contributed by atoms with Gasteiger partial charge in [0.1, 0.15) is 5.69 Å². The number of nitrogens with one attached hydrogen (secondary N) is 2. The summed E-state index contributed by atoms with van der Waals surface area (Å²) >= 11 is 0. The smallest absolute Gasteiger partial charge is 0.274 e. The number of nitrogens with two attached hydrogens (primary N) is 1. The van der Waals surface area contributed by atoms with E-state index in [0.717, 1.165) is 0 Å². The Hall–Kier alpha value is -2.89. The molecule has 0 saturated heterocycles. The standard InChI is InChI=1S/C14H14N4O2/c1-16-13(19)10-4-2-3-5-11(10)18-14(20)12-7-6-9(15)8-17-12/h2-8H,15H2,1H3,(H,16,19)(H,18,20). The fourth-order valence-electron chi connectivity index (χ4n) is 1.65. The van der Waals surface area contributed by atoms with Gasteiger partial charge in [0.2, 0.25) is 0 Å². The molecule has 0 bridgehead atoms. The molecule has 2 amide bonds. The van der Waals surface area contributed by atoms with Crippen molar-refractivity contribution in [3.8, 4) is 0 Å². The van der Waals surface area contributed by atoms with Crippen LogP contribution >= 0.6 is 0 Å². The second kappa shape index (κ2) is 5.83. The highest BCUT2D eigenvalue weighted by Gasteiger charge is 2.13. The lowest BCUT2D eigenvalue weighted by Gasteiger charge is -2.09. The van der Waals surface area contributed by atoms with Gasteiger partial charge in [0.25, 0.3) is 11.8 Å². The van der Waals surface area contributed by atoms with Gasteiger partial charge in [-0.25, -0.2) is 4.98 Å². The number of pyridine rings is 1. The molecule has 2 aromatic rings. The van der Waals surface area contributed by atoms with Crippen LogP contribution in [0.1, 0.15) is 20.8 Å². The SMILES string of the molecule is CNC(=O)c1ccccc1NC(=O)c1ccc(N)cn1. The average molecular weight is 270 g/mol. The molecule has 1 heterocycles. The maximum absolute atomic E-state index is 12.0. The summed E-state index contributed by atoms with van der Waals surface area (Å²) in [4.78, 5) is 27.7. The van der Waals surface area contributed by atoms with E-state index < -0.39 is 5.91 Å². The summed E-state index contributed by atoms with van der Waals surface area (Å²) in [5.41, 5.74) is 7.03. The lowest BCUT2D eigenvalue weighted by molar-refractivity contribution is 0.0964. The van der Waals surface area contributed by atoms with E-state index >= 15 is 0 Å². The highest BCUT2D eigenvalue weighted by Crippen LogP contribution is 2.16. The van der Waals surface area contributed by atoms with Gasteiger partial charge < -0.3 is 16.4 Å². The molecule has 1 aromatic heterocycles. The highest BCUT2D eigenvalue weighted by molar-refractivity contribution is 6.08. The van der Waals surface area contributed by atoms with Crippen LogP contribution < -0.4 is 16.4 Å². The Kier molecular flexibility index (Phi) is 3.95. The van der Waals surface area contributed by atoms with E-state index in [2.05, 4.69) is 15.6 Å². The molecule has 0 fully saturated rings. The van der Waals surface area contributed by atoms with E-state index in [1.165, 1.54) is 19.3 Å². The van der Waals surface area contributed by atoms with Gasteiger partial charge in [0.05, 0.1) is 23.1 Å². The molecule has 102 valence electrons. The molecular formula is C14H14N4O2. The molecule has 0 aliphatic carbocycles. The van der Waals surface area contributed by atoms with Crippen molar-refractivity contribution in [1.82, 2.24) is 10.3 Å². The topological polar surface area (TPSA) is 97.1 Å². The molecule has 2 rings (SSSR count). The molecule has 6 nitrogen and oxygen atoms in total. The zero-order valence-electron chi connectivity index (χ0n) is 10.9. The summed E-state index contributed by atoms with van der Waals surface area (Å²) in [6.07, 6.45) is 1.40. The molecule has 6 heteroatoms. The van der Waals surface area contributed by atoms with Crippen molar-refractivity contribution in [3.05, 3.63) is 53.9 Å². The van der Waals surface area contributed by atoms with Crippen molar-refractivity contribution in [2.75, 3.05) is 18.1 Å². The van der Waals surface area contributed by atoms with Crippen molar-refractivity contribution in [2.45, 2.75) is 0 Å². The van der Waals surface area contributed by atoms with Gasteiger partial charge in [-0.15, -0.1) is 0 Å². The number of amides is 2. The molecule has 0 spiro atoms. The number of para-hydroxylation sites is 1. The first-order valence-electron chi connectivity index (χ1n) is 5.96. The van der Waals surface area contributed by atoms with Gasteiger partial charge in [-0.2, -0.15) is 0 Å². The van der Waals surface area contributed by atoms with Gasteiger partial charge in [-0.05, 0) is 24.3 Å². The minimum Gasteiger partial charge on any atom is -0.397 e. The Morgan fingerprint density at radius 1 is 1.10 bits per heavy atom. The summed E-state index contributed by atoms with van der Waals surface area (Å²) in [6.45, 7) is 0. The maximum Gasteiger partial charge on any atom is 0.274 e. The average Bonchev–Trinajstić information content (AvgIpc) is 2.47. The van der Waals surface area contributed by atoms with Gasteiger partial charge in [0.15, 0.2) is 0 Å². The van der Waals surface area contributed by atoms with Crippen LogP contribution in [-0.4, -0.2) is 23.8 Å². The lowest BCUT2D eigenvalue weighted by atomic mass is 10.1. The predicted molar refractivity (Wildman–Crippen MR) is 76.4 cm³/mol. The van der Waals surface area contributed by atoms with E-state index in [0.29, 0.717) is 16.9 Å². The number of hydrogen-bond acceptors (Lipinski definition) is 4. The Labute approximate surface area is 116 Å². The van der Waals surface area contributed by atoms with Gasteiger partial charge in [-0.1, -0.05) is 12.1 Å². The summed E-state index contributed by atoms with van der Waals surface area (Å²) in [5.74, 6) is -0.674. The molecule has 0 aliphatic rings. The van der Waals surface area contributed by atoms with Crippen LogP contribution in [0.15, 0.2) is 42.6 Å². The fourth-order valence-corrected chi connectivity index (χ4v) is 1.65. The first-order valence-corrected chi connectivity index (χ1v) is 5.96. The Morgan fingerprint density at radius 3 is 2.50 bits per heavy atom. The normalized spacial score (nSPS) is 9.85. The van der Waals surface area contributed by atoms with Crippen LogP contribution in [0.25, 0.3) is 0 Å². The third-order valence-corrected chi connectivity index (χ3v) is 2.67. The number of carbonyl (C=O) groups excluding carboxylic acids is 2. The zero-order valence-corrected chi connectivity index (χ0v) is 10.9. The Bertz CT molecular complexity index is 638. The quantitative estimate of drug-likeness (QED) is 0.782. The van der Waals surface area contributed by atoms with Crippen molar-refractivity contribution >= 4 is 23.2 Å². The minimum atomic E-state index is -0.402. The maximum atomic E-state index is 12.0. The summed E-state index contributed by atoms with van der Waals surface area (Å²) < 4.78 is 0. The van der Waals surface area contributed by atoms with E-state index in [1.54, 1.807) is 30.3 Å². The number of hydrogen-bond donors (Lipinski definition) is 3. The van der Waals surface area contributed by atoms with Crippen LogP contribution in [0.3, 0.4) is 0 Å². The summed E-state index contributed by atoms with van der Waals surface area (Å²) in [7, 11) is 1.53. The van der Waals surface area contributed by atoms with Crippen LogP contribution in [-0.2, 0) is 0 Å². The van der Waals surface area contributed by atoms with Gasteiger partial charge >= 0.3 is 0 Å². The second-order valence-electron chi connectivity index (χ2n) is 4.06. The molecule has 0 radical (unpaired) electrons. The number of nitrogen functional groups attached to an aromatic ring is 1. The van der Waals surface area contributed by atoms with E-state index in [1.807, 2.05) is 0 Å². The molecular weight excluding hydrogens is 256 g/mol. The number of nitrogens with zero attached hydrogens (tertiary/aromatic N) is 1. The van der Waals surface area contributed by atoms with Crippen molar-refractivity contribution < 1.29 is 9.59 Å². The fraction of sp³-hybridized carbons (Fsp3) is 0.0714. The van der Waals surface area contributed by atoms with Crippen molar-refractivity contribution in [3.63, 3.8) is 0 Å². The first kappa shape index (κ1) is 13.5. The monoisotopic (exact) mass is 270 g/mol. The Balaban J connectivity index is 2.24. The zero-order chi connectivity index (χ0) is 14.5. The number of benzene rings is 1. The van der Waals surface area contributed by atoms with Gasteiger partial charge in [0, 0.05) is 7.05 Å². The molecule has 0 saturated carbocycles. The molecule has 0 atom stereocenters. The summed E-state index contributed by atoms with van der Waals surface area (Å²) in [5, 5.41) is 5.18. The van der Waals surface area contributed by atoms with E-state index in [4.69, 9.17) is 5.73 Å². The van der Waals surface area contributed by atoms with Crippen molar-refractivity contribution in [2.24, 2.45) is 0 Å². The third-order valence-electron chi connectivity index (χ3n) is 2.67. The van der Waals surface area contributed by atoms with Crippen molar-refractivity contribution in [1.29, 1.82) is 0 Å². The molecule has 1 aromatic carbocycles. The molecule has 20 heavy (non-hydrogen) atoms. The van der Waals surface area contributed by atoms with E-state index in [-0.39, 0.29) is 11.6 Å². The van der Waals surface area contributed by atoms with Crippen LogP contribution in [0, 0.1) is 0 Å². The van der Waals surface area contributed by atoms with Crippen LogP contribution in [0.5, 0.6) is 0 Å². The van der Waals surface area contributed by atoms with E-state index in [9.17, 15) is 9.59 Å². The molecule has 4 N–H and O–H groups in total. The molecule has 0 aliphatic heterocycles. The number of aromatic nitrogens is 1. The van der Waals surface area contributed by atoms with Gasteiger partial charge in [-0.3, -0.25) is 9.59 Å². The van der Waals surface area contributed by atoms with Crippen LogP contribution in [0.2, 0.25) is 0 Å². The molecule has 0 unspecified atom stereocenters. The number of carbonyl (C=O) groups is 2. The third kappa shape index (κ3) is 2.92.